The molecule has 1 aromatic heterocycles. The topological polar surface area (TPSA) is 63.1 Å². The molecule has 28 heavy (non-hydrogen) atoms. The Morgan fingerprint density at radius 3 is 2.64 bits per heavy atom. The van der Waals surface area contributed by atoms with E-state index in [0.717, 1.165) is 74.3 Å². The van der Waals surface area contributed by atoms with Gasteiger partial charge in [0, 0.05) is 43.4 Å². The van der Waals surface area contributed by atoms with Crippen LogP contribution >= 0.6 is 24.2 Å². The number of benzene rings is 1. The van der Waals surface area contributed by atoms with Crippen LogP contribution in [0.15, 0.2) is 24.3 Å². The van der Waals surface area contributed by atoms with Crippen LogP contribution in [0.3, 0.4) is 0 Å². The summed E-state index contributed by atoms with van der Waals surface area (Å²) in [6.45, 7) is 6.46. The predicted molar refractivity (Wildman–Crippen MR) is 115 cm³/mol. The molecule has 0 radical (unpaired) electrons. The highest BCUT2D eigenvalue weighted by Crippen LogP contribution is 2.28. The minimum absolute atomic E-state index is 0. The van der Waals surface area contributed by atoms with Crippen molar-refractivity contribution in [1.29, 1.82) is 0 Å². The van der Waals surface area contributed by atoms with Gasteiger partial charge in [-0.2, -0.15) is 11.8 Å². The van der Waals surface area contributed by atoms with Crippen LogP contribution in [0.4, 0.5) is 0 Å². The van der Waals surface area contributed by atoms with E-state index in [1.807, 2.05) is 28.8 Å². The molecule has 1 amide bonds. The first kappa shape index (κ1) is 21.1. The number of piperidine rings is 1. The molecule has 152 valence electrons. The van der Waals surface area contributed by atoms with Gasteiger partial charge in [-0.1, -0.05) is 19.1 Å². The maximum Gasteiger partial charge on any atom is 0.253 e. The Balaban J connectivity index is 0.00000225. The predicted octanol–water partition coefficient (Wildman–Crippen LogP) is 3.08. The monoisotopic (exact) mass is 421 g/mol. The van der Waals surface area contributed by atoms with Crippen molar-refractivity contribution in [2.24, 2.45) is 0 Å². The fourth-order valence-electron chi connectivity index (χ4n) is 3.90. The summed E-state index contributed by atoms with van der Waals surface area (Å²) in [4.78, 5) is 14.8. The summed E-state index contributed by atoms with van der Waals surface area (Å²) in [7, 11) is 0. The maximum atomic E-state index is 12.8. The number of hydrogen-bond acceptors (Lipinski definition) is 5. The van der Waals surface area contributed by atoms with Gasteiger partial charge in [0.05, 0.1) is 6.54 Å². The molecular formula is C20H28ClN5OS. The van der Waals surface area contributed by atoms with E-state index in [1.165, 1.54) is 5.56 Å². The first-order valence-corrected chi connectivity index (χ1v) is 11.0. The summed E-state index contributed by atoms with van der Waals surface area (Å²) in [5.41, 5.74) is 2.08. The number of fused-ring (bicyclic) bond motifs is 1. The summed E-state index contributed by atoms with van der Waals surface area (Å²) in [6.07, 6.45) is 1.92. The lowest BCUT2D eigenvalue weighted by Crippen LogP contribution is -2.38. The third-order valence-electron chi connectivity index (χ3n) is 5.47. The quantitative estimate of drug-likeness (QED) is 0.803. The summed E-state index contributed by atoms with van der Waals surface area (Å²) in [6, 6.07) is 8.11. The van der Waals surface area contributed by atoms with E-state index in [2.05, 4.69) is 39.1 Å². The maximum absolute atomic E-state index is 12.8. The lowest BCUT2D eigenvalue weighted by atomic mass is 9.95. The van der Waals surface area contributed by atoms with E-state index in [1.54, 1.807) is 0 Å². The molecule has 2 aliphatic rings. The largest absolute Gasteiger partial charge is 0.339 e. The highest BCUT2D eigenvalue weighted by molar-refractivity contribution is 7.98. The van der Waals surface area contributed by atoms with Gasteiger partial charge in [0.15, 0.2) is 0 Å². The molecule has 1 N–H and O–H groups in total. The molecule has 0 unspecified atom stereocenters. The molecule has 0 spiro atoms. The van der Waals surface area contributed by atoms with E-state index in [0.29, 0.717) is 5.92 Å². The van der Waals surface area contributed by atoms with Gasteiger partial charge in [-0.25, -0.2) is 0 Å². The number of nitrogens with zero attached hydrogens (tertiary/aromatic N) is 4. The van der Waals surface area contributed by atoms with Crippen LogP contribution in [-0.2, 0) is 18.8 Å². The lowest BCUT2D eigenvalue weighted by Gasteiger charge is -2.32. The number of hydrogen-bond donors (Lipinski definition) is 1. The highest BCUT2D eigenvalue weighted by atomic mass is 35.5. The molecule has 8 heteroatoms. The first-order valence-electron chi connectivity index (χ1n) is 9.85. The van der Waals surface area contributed by atoms with Gasteiger partial charge in [-0.3, -0.25) is 4.79 Å². The zero-order valence-electron chi connectivity index (χ0n) is 16.3. The van der Waals surface area contributed by atoms with Crippen LogP contribution < -0.4 is 5.32 Å². The van der Waals surface area contributed by atoms with Crippen LogP contribution in [0, 0.1) is 0 Å². The Bertz CT molecular complexity index is 786. The van der Waals surface area contributed by atoms with Gasteiger partial charge in [0.25, 0.3) is 5.91 Å². The van der Waals surface area contributed by atoms with Gasteiger partial charge in [0.1, 0.15) is 11.6 Å². The highest BCUT2D eigenvalue weighted by Gasteiger charge is 2.29. The standard InChI is InChI=1S/C20H27N5OS.ClH/c1-2-27-14-15-3-5-17(6-4-15)20(26)24-10-7-16(8-11-24)19-23-22-18-13-21-9-12-25(18)19;/h3-6,16,21H,2,7-14H2,1H3;1H. The average molecular weight is 422 g/mol. The molecule has 2 aliphatic heterocycles. The minimum Gasteiger partial charge on any atom is -0.339 e. The van der Waals surface area contributed by atoms with E-state index in [9.17, 15) is 4.79 Å². The molecule has 6 nitrogen and oxygen atoms in total. The average Bonchev–Trinajstić information content (AvgIpc) is 3.16. The minimum atomic E-state index is 0. The van der Waals surface area contributed by atoms with Crippen molar-refractivity contribution >= 4 is 30.1 Å². The van der Waals surface area contributed by atoms with Gasteiger partial charge in [-0.15, -0.1) is 22.6 Å². The molecule has 0 bridgehead atoms. The third-order valence-corrected chi connectivity index (χ3v) is 6.42. The number of carbonyl (C=O) groups is 1. The Kier molecular flexibility index (Phi) is 7.37. The number of rotatable bonds is 5. The van der Waals surface area contributed by atoms with Crippen LogP contribution in [0.1, 0.15) is 53.3 Å². The van der Waals surface area contributed by atoms with Crippen molar-refractivity contribution < 1.29 is 4.79 Å². The fourth-order valence-corrected chi connectivity index (χ4v) is 4.54. The number of thioether (sulfide) groups is 1. The van der Waals surface area contributed by atoms with Crippen LogP contribution in [0.25, 0.3) is 0 Å². The summed E-state index contributed by atoms with van der Waals surface area (Å²) >= 11 is 1.90. The number of halogens is 1. The van der Waals surface area contributed by atoms with E-state index < -0.39 is 0 Å². The second kappa shape index (κ2) is 9.76. The lowest BCUT2D eigenvalue weighted by molar-refractivity contribution is 0.0710. The number of carbonyl (C=O) groups excluding carboxylic acids is 1. The van der Waals surface area contributed by atoms with Crippen LogP contribution in [0.5, 0.6) is 0 Å². The van der Waals surface area contributed by atoms with Crippen LogP contribution in [-0.4, -0.2) is 51.0 Å². The van der Waals surface area contributed by atoms with Gasteiger partial charge in [-0.05, 0) is 36.3 Å². The second-order valence-corrected chi connectivity index (χ2v) is 8.48. The second-order valence-electron chi connectivity index (χ2n) is 7.20. The number of likely N-dealkylation sites (tertiary alicyclic amines) is 1. The molecule has 4 rings (SSSR count). The number of aromatic nitrogens is 3. The summed E-state index contributed by atoms with van der Waals surface area (Å²) in [5.74, 6) is 4.82. The van der Waals surface area contributed by atoms with Crippen molar-refractivity contribution in [2.45, 2.75) is 44.5 Å². The summed E-state index contributed by atoms with van der Waals surface area (Å²) < 4.78 is 2.27. The molecular weight excluding hydrogens is 394 g/mol. The Labute approximate surface area is 176 Å². The van der Waals surface area contributed by atoms with Gasteiger partial charge in [0.2, 0.25) is 0 Å². The molecule has 2 aromatic rings. The van der Waals surface area contributed by atoms with Crippen molar-refractivity contribution in [1.82, 2.24) is 25.0 Å². The number of amides is 1. The van der Waals surface area contributed by atoms with Crippen molar-refractivity contribution in [3.05, 3.63) is 47.0 Å². The smallest absolute Gasteiger partial charge is 0.253 e. The number of nitrogens with one attached hydrogen (secondary N) is 1. The Hall–Kier alpha value is -1.57. The molecule has 0 aliphatic carbocycles. The van der Waals surface area contributed by atoms with Crippen molar-refractivity contribution in [3.8, 4) is 0 Å². The molecule has 0 saturated carbocycles. The van der Waals surface area contributed by atoms with Gasteiger partial charge >= 0.3 is 0 Å². The third kappa shape index (κ3) is 4.53. The van der Waals surface area contributed by atoms with E-state index in [-0.39, 0.29) is 18.3 Å². The molecule has 3 heterocycles. The fraction of sp³-hybridized carbons (Fsp3) is 0.550. The first-order chi connectivity index (χ1) is 13.3. The van der Waals surface area contributed by atoms with Crippen LogP contribution in [0.2, 0.25) is 0 Å². The van der Waals surface area contributed by atoms with E-state index >= 15 is 0 Å². The Morgan fingerprint density at radius 1 is 1.18 bits per heavy atom. The van der Waals surface area contributed by atoms with Crippen molar-refractivity contribution in [3.63, 3.8) is 0 Å². The SMILES string of the molecule is CCSCc1ccc(C(=O)N2CCC(c3nnc4n3CCNC4)CC2)cc1.Cl. The zero-order valence-corrected chi connectivity index (χ0v) is 17.9. The normalized spacial score (nSPS) is 17.1. The van der Waals surface area contributed by atoms with Gasteiger partial charge < -0.3 is 14.8 Å². The molecule has 1 fully saturated rings. The summed E-state index contributed by atoms with van der Waals surface area (Å²) in [5, 5.41) is 12.1. The molecule has 0 atom stereocenters. The van der Waals surface area contributed by atoms with Crippen molar-refractivity contribution in [2.75, 3.05) is 25.4 Å². The molecule has 1 saturated heterocycles. The Morgan fingerprint density at radius 2 is 1.93 bits per heavy atom. The zero-order chi connectivity index (χ0) is 18.6. The van der Waals surface area contributed by atoms with E-state index in [4.69, 9.17) is 0 Å². The molecule has 1 aromatic carbocycles.